The second kappa shape index (κ2) is 5.92. The topological polar surface area (TPSA) is 81.1 Å². The van der Waals surface area contributed by atoms with Crippen LogP contribution >= 0.6 is 11.6 Å². The fraction of sp³-hybridized carbons (Fsp3) is 0.636. The first kappa shape index (κ1) is 14.3. The summed E-state index contributed by atoms with van der Waals surface area (Å²) in [5.41, 5.74) is 0. The highest BCUT2D eigenvalue weighted by Gasteiger charge is 2.32. The maximum atomic E-state index is 11.7. The lowest BCUT2D eigenvalue weighted by molar-refractivity contribution is -0.124. The van der Waals surface area contributed by atoms with Crippen LogP contribution in [0.1, 0.15) is 12.8 Å². The number of aromatic nitrogens is 2. The molecular formula is C11H16ClN3O3S. The van der Waals surface area contributed by atoms with Crippen molar-refractivity contribution in [3.05, 3.63) is 17.4 Å². The van der Waals surface area contributed by atoms with E-state index in [-0.39, 0.29) is 23.3 Å². The van der Waals surface area contributed by atoms with Gasteiger partial charge in [-0.1, -0.05) is 11.6 Å². The number of nitrogens with zero attached hydrogens (tertiary/aromatic N) is 2. The zero-order valence-electron chi connectivity index (χ0n) is 10.4. The summed E-state index contributed by atoms with van der Waals surface area (Å²) in [4.78, 5) is 11.7. The van der Waals surface area contributed by atoms with Crippen LogP contribution < -0.4 is 5.32 Å². The summed E-state index contributed by atoms with van der Waals surface area (Å²) in [6.07, 6.45) is 4.43. The number of hydrogen-bond acceptors (Lipinski definition) is 4. The minimum atomic E-state index is -3.00. The minimum Gasteiger partial charge on any atom is -0.356 e. The summed E-state index contributed by atoms with van der Waals surface area (Å²) in [7, 11) is -3.00. The lowest BCUT2D eigenvalue weighted by Crippen LogP contribution is -2.32. The highest BCUT2D eigenvalue weighted by Crippen LogP contribution is 2.18. The van der Waals surface area contributed by atoms with Crippen LogP contribution in [0.5, 0.6) is 0 Å². The van der Waals surface area contributed by atoms with Crippen LogP contribution in [0, 0.1) is 5.92 Å². The fourth-order valence-electron chi connectivity index (χ4n) is 2.06. The van der Waals surface area contributed by atoms with Crippen molar-refractivity contribution in [2.24, 2.45) is 5.92 Å². The van der Waals surface area contributed by atoms with Gasteiger partial charge in [-0.3, -0.25) is 9.48 Å². The highest BCUT2D eigenvalue weighted by molar-refractivity contribution is 7.91. The van der Waals surface area contributed by atoms with Crippen molar-refractivity contribution >= 4 is 27.3 Å². The lowest BCUT2D eigenvalue weighted by atomic mass is 10.1. The molecule has 0 aromatic carbocycles. The van der Waals surface area contributed by atoms with Crippen LogP contribution in [0.15, 0.2) is 12.4 Å². The molecule has 0 spiro atoms. The molecule has 0 saturated carbocycles. The van der Waals surface area contributed by atoms with Gasteiger partial charge in [0.1, 0.15) is 0 Å². The van der Waals surface area contributed by atoms with Gasteiger partial charge >= 0.3 is 0 Å². The van der Waals surface area contributed by atoms with E-state index in [0.717, 1.165) is 6.42 Å². The van der Waals surface area contributed by atoms with E-state index < -0.39 is 9.84 Å². The van der Waals surface area contributed by atoms with Gasteiger partial charge in [-0.15, -0.1) is 0 Å². The molecule has 1 atom stereocenters. The maximum absolute atomic E-state index is 11.7. The highest BCUT2D eigenvalue weighted by atomic mass is 35.5. The van der Waals surface area contributed by atoms with E-state index >= 15 is 0 Å². The van der Waals surface area contributed by atoms with E-state index in [4.69, 9.17) is 11.6 Å². The zero-order valence-corrected chi connectivity index (χ0v) is 12.0. The minimum absolute atomic E-state index is 0.0202. The zero-order chi connectivity index (χ0) is 13.9. The van der Waals surface area contributed by atoms with Crippen molar-refractivity contribution < 1.29 is 13.2 Å². The molecule has 0 bridgehead atoms. The van der Waals surface area contributed by atoms with Gasteiger partial charge < -0.3 is 5.32 Å². The van der Waals surface area contributed by atoms with E-state index in [9.17, 15) is 13.2 Å². The third-order valence-electron chi connectivity index (χ3n) is 3.07. The number of hydrogen-bond donors (Lipinski definition) is 1. The largest absolute Gasteiger partial charge is 0.356 e. The molecule has 6 nitrogen and oxygen atoms in total. The summed E-state index contributed by atoms with van der Waals surface area (Å²) >= 11 is 5.73. The summed E-state index contributed by atoms with van der Waals surface area (Å²) in [6.45, 7) is 1.17. The monoisotopic (exact) mass is 305 g/mol. The SMILES string of the molecule is O=C(NCCCn1cc(Cl)cn1)C1CCS(=O)(=O)C1. The van der Waals surface area contributed by atoms with Crippen molar-refractivity contribution in [2.45, 2.75) is 19.4 Å². The van der Waals surface area contributed by atoms with Crippen LogP contribution in [0.25, 0.3) is 0 Å². The van der Waals surface area contributed by atoms with Crippen LogP contribution in [-0.4, -0.2) is 42.2 Å². The van der Waals surface area contributed by atoms with Gasteiger partial charge in [-0.25, -0.2) is 8.42 Å². The van der Waals surface area contributed by atoms with Gasteiger partial charge in [0.2, 0.25) is 5.91 Å². The molecule has 1 aromatic rings. The second-order valence-corrected chi connectivity index (χ2v) is 7.33. The Hall–Kier alpha value is -1.08. The number of aryl methyl sites for hydroxylation is 1. The molecule has 2 rings (SSSR count). The van der Waals surface area contributed by atoms with E-state index in [1.54, 1.807) is 17.1 Å². The molecule has 1 N–H and O–H groups in total. The van der Waals surface area contributed by atoms with Crippen LogP contribution in [0.4, 0.5) is 0 Å². The Morgan fingerprint density at radius 2 is 2.37 bits per heavy atom. The number of carbonyl (C=O) groups is 1. The standard InChI is InChI=1S/C11H16ClN3O3S/c12-10-6-14-15(7-10)4-1-3-13-11(16)9-2-5-19(17,18)8-9/h6-7,9H,1-5,8H2,(H,13,16). The van der Waals surface area contributed by atoms with Gasteiger partial charge in [-0.2, -0.15) is 5.10 Å². The number of halogens is 1. The van der Waals surface area contributed by atoms with Gasteiger partial charge in [0.15, 0.2) is 9.84 Å². The lowest BCUT2D eigenvalue weighted by Gasteiger charge is -2.09. The van der Waals surface area contributed by atoms with E-state index in [1.165, 1.54) is 0 Å². The van der Waals surface area contributed by atoms with Crippen LogP contribution in [-0.2, 0) is 21.2 Å². The normalized spacial score (nSPS) is 21.4. The Kier molecular flexibility index (Phi) is 4.46. The molecule has 0 radical (unpaired) electrons. The van der Waals surface area contributed by atoms with E-state index in [2.05, 4.69) is 10.4 Å². The molecule has 8 heteroatoms. The third kappa shape index (κ3) is 4.21. The van der Waals surface area contributed by atoms with Gasteiger partial charge in [-0.05, 0) is 12.8 Å². The summed E-state index contributed by atoms with van der Waals surface area (Å²) in [6, 6.07) is 0. The van der Waals surface area contributed by atoms with E-state index in [0.29, 0.717) is 24.5 Å². The Bertz CT molecular complexity index is 555. The molecule has 1 fully saturated rings. The van der Waals surface area contributed by atoms with E-state index in [1.807, 2.05) is 0 Å². The fourth-order valence-corrected chi connectivity index (χ4v) is 3.96. The Balaban J connectivity index is 1.67. The quantitative estimate of drug-likeness (QED) is 0.802. The number of carbonyl (C=O) groups excluding carboxylic acids is 1. The number of nitrogens with one attached hydrogen (secondary N) is 1. The second-order valence-electron chi connectivity index (χ2n) is 4.67. The predicted octanol–water partition coefficient (Wildman–Crippen LogP) is 0.477. The van der Waals surface area contributed by atoms with Crippen LogP contribution in [0.3, 0.4) is 0 Å². The van der Waals surface area contributed by atoms with Gasteiger partial charge in [0.05, 0.1) is 28.6 Å². The molecule has 1 saturated heterocycles. The molecular weight excluding hydrogens is 290 g/mol. The van der Waals surface area contributed by atoms with Crippen molar-refractivity contribution in [3.8, 4) is 0 Å². The molecule has 2 heterocycles. The predicted molar refractivity (Wildman–Crippen MR) is 71.6 cm³/mol. The molecule has 1 aliphatic rings. The van der Waals surface area contributed by atoms with Gasteiger partial charge in [0.25, 0.3) is 0 Å². The number of amides is 1. The number of sulfone groups is 1. The molecule has 106 valence electrons. The molecule has 19 heavy (non-hydrogen) atoms. The van der Waals surface area contributed by atoms with Crippen LogP contribution in [0.2, 0.25) is 5.02 Å². The number of rotatable bonds is 5. The maximum Gasteiger partial charge on any atom is 0.224 e. The Morgan fingerprint density at radius 1 is 1.58 bits per heavy atom. The first-order valence-corrected chi connectivity index (χ1v) is 8.32. The van der Waals surface area contributed by atoms with Crippen molar-refractivity contribution in [3.63, 3.8) is 0 Å². The Morgan fingerprint density at radius 3 is 2.95 bits per heavy atom. The smallest absolute Gasteiger partial charge is 0.224 e. The molecule has 1 aromatic heterocycles. The van der Waals surface area contributed by atoms with Gasteiger partial charge in [0, 0.05) is 19.3 Å². The Labute approximate surface area is 117 Å². The summed E-state index contributed by atoms with van der Waals surface area (Å²) in [5.74, 6) is -0.450. The van der Waals surface area contributed by atoms with Crippen molar-refractivity contribution in [2.75, 3.05) is 18.1 Å². The molecule has 1 amide bonds. The molecule has 1 unspecified atom stereocenters. The molecule has 0 aliphatic carbocycles. The van der Waals surface area contributed by atoms with Crippen molar-refractivity contribution in [1.29, 1.82) is 0 Å². The van der Waals surface area contributed by atoms with Crippen molar-refractivity contribution in [1.82, 2.24) is 15.1 Å². The first-order chi connectivity index (χ1) is 8.96. The average Bonchev–Trinajstić information content (AvgIpc) is 2.90. The molecule has 1 aliphatic heterocycles. The summed E-state index contributed by atoms with van der Waals surface area (Å²) in [5, 5.41) is 7.37. The third-order valence-corrected chi connectivity index (χ3v) is 5.03. The summed E-state index contributed by atoms with van der Waals surface area (Å²) < 4.78 is 24.2. The average molecular weight is 306 g/mol. The first-order valence-electron chi connectivity index (χ1n) is 6.12.